The number of ketones is 1. The number of hydrazone groups is 1. The molecule has 7 nitrogen and oxygen atoms in total. The van der Waals surface area contributed by atoms with Crippen LogP contribution in [0, 0.1) is 5.92 Å². The number of carbonyl (C=O) groups is 2. The summed E-state index contributed by atoms with van der Waals surface area (Å²) in [5.41, 5.74) is 0.893. The largest absolute Gasteiger partial charge is 0.299 e. The quantitative estimate of drug-likeness (QED) is 0.747. The van der Waals surface area contributed by atoms with Gasteiger partial charge in [0.2, 0.25) is 10.0 Å². The van der Waals surface area contributed by atoms with E-state index in [4.69, 9.17) is 0 Å². The van der Waals surface area contributed by atoms with Crippen molar-refractivity contribution in [3.8, 4) is 0 Å². The van der Waals surface area contributed by atoms with Crippen LogP contribution in [0.25, 0.3) is 0 Å². The Morgan fingerprint density at radius 3 is 2.23 bits per heavy atom. The van der Waals surface area contributed by atoms with E-state index in [0.29, 0.717) is 11.3 Å². The second kappa shape index (κ2) is 5.62. The highest BCUT2D eigenvalue weighted by atomic mass is 32.2. The lowest BCUT2D eigenvalue weighted by molar-refractivity contribution is -0.135. The second-order valence-electron chi connectivity index (χ2n) is 5.20. The molecule has 1 heterocycles. The van der Waals surface area contributed by atoms with Crippen molar-refractivity contribution in [2.45, 2.75) is 11.8 Å². The monoisotopic (exact) mass is 323 g/mol. The molecular weight excluding hydrogens is 306 g/mol. The van der Waals surface area contributed by atoms with E-state index in [9.17, 15) is 18.0 Å². The van der Waals surface area contributed by atoms with Crippen LogP contribution < -0.4 is 0 Å². The van der Waals surface area contributed by atoms with Gasteiger partial charge in [0.1, 0.15) is 11.7 Å². The van der Waals surface area contributed by atoms with Crippen molar-refractivity contribution >= 4 is 27.4 Å². The summed E-state index contributed by atoms with van der Waals surface area (Å²) in [6.07, 6.45) is 0. The first-order chi connectivity index (χ1) is 10.2. The van der Waals surface area contributed by atoms with E-state index in [-0.39, 0.29) is 16.6 Å². The Morgan fingerprint density at radius 2 is 1.77 bits per heavy atom. The molecule has 1 aliphatic rings. The van der Waals surface area contributed by atoms with Crippen LogP contribution in [0.3, 0.4) is 0 Å². The van der Waals surface area contributed by atoms with Crippen molar-refractivity contribution in [2.75, 3.05) is 21.1 Å². The van der Waals surface area contributed by atoms with Crippen molar-refractivity contribution in [1.29, 1.82) is 0 Å². The molecule has 1 aromatic rings. The minimum atomic E-state index is -3.52. The smallest absolute Gasteiger partial charge is 0.259 e. The lowest BCUT2D eigenvalue weighted by Crippen LogP contribution is -2.30. The van der Waals surface area contributed by atoms with Gasteiger partial charge in [0.15, 0.2) is 0 Å². The van der Waals surface area contributed by atoms with E-state index in [1.807, 2.05) is 0 Å². The Labute approximate surface area is 129 Å². The predicted molar refractivity (Wildman–Crippen MR) is 80.8 cm³/mol. The minimum Gasteiger partial charge on any atom is -0.299 e. The molecule has 8 heteroatoms. The van der Waals surface area contributed by atoms with Crippen LogP contribution in [0.2, 0.25) is 0 Å². The molecule has 0 aromatic heterocycles. The fourth-order valence-electron chi connectivity index (χ4n) is 2.17. The van der Waals surface area contributed by atoms with Crippen LogP contribution in [0.1, 0.15) is 12.5 Å². The Balaban J connectivity index is 2.41. The summed E-state index contributed by atoms with van der Waals surface area (Å²) in [5, 5.41) is 5.22. The molecule has 0 fully saturated rings. The van der Waals surface area contributed by atoms with E-state index >= 15 is 0 Å². The van der Waals surface area contributed by atoms with E-state index in [0.717, 1.165) is 9.31 Å². The molecule has 22 heavy (non-hydrogen) atoms. The summed E-state index contributed by atoms with van der Waals surface area (Å²) < 4.78 is 25.2. The summed E-state index contributed by atoms with van der Waals surface area (Å²) in [6, 6.07) is 5.98. The maximum absolute atomic E-state index is 12.0. The Kier molecular flexibility index (Phi) is 4.17. The molecule has 2 rings (SSSR count). The first-order valence-corrected chi connectivity index (χ1v) is 7.99. The molecule has 1 amide bonds. The Bertz CT molecular complexity index is 751. The third-order valence-corrected chi connectivity index (χ3v) is 5.26. The van der Waals surface area contributed by atoms with E-state index in [2.05, 4.69) is 5.10 Å². The summed E-state index contributed by atoms with van der Waals surface area (Å²) in [7, 11) is 0.859. The van der Waals surface area contributed by atoms with Crippen LogP contribution in [0.5, 0.6) is 0 Å². The molecule has 1 aliphatic heterocycles. The van der Waals surface area contributed by atoms with Crippen LogP contribution >= 0.6 is 0 Å². The Hall–Kier alpha value is -2.06. The Morgan fingerprint density at radius 1 is 1.23 bits per heavy atom. The van der Waals surface area contributed by atoms with Crippen LogP contribution in [-0.2, 0) is 19.6 Å². The van der Waals surface area contributed by atoms with Crippen LogP contribution in [0.15, 0.2) is 34.3 Å². The molecule has 0 N–H and O–H groups in total. The van der Waals surface area contributed by atoms with Crippen molar-refractivity contribution in [3.05, 3.63) is 29.8 Å². The highest BCUT2D eigenvalue weighted by molar-refractivity contribution is 7.89. The van der Waals surface area contributed by atoms with Gasteiger partial charge in [0.25, 0.3) is 5.91 Å². The predicted octanol–water partition coefficient (Wildman–Crippen LogP) is 0.318. The van der Waals surface area contributed by atoms with Gasteiger partial charge < -0.3 is 0 Å². The summed E-state index contributed by atoms with van der Waals surface area (Å²) in [5.74, 6) is -1.60. The van der Waals surface area contributed by atoms with Gasteiger partial charge in [-0.25, -0.2) is 17.7 Å². The fourth-order valence-corrected chi connectivity index (χ4v) is 3.07. The molecule has 0 saturated carbocycles. The van der Waals surface area contributed by atoms with Gasteiger partial charge in [0.05, 0.1) is 10.6 Å². The number of amides is 1. The fraction of sp³-hybridized carbons (Fsp3) is 0.357. The lowest BCUT2D eigenvalue weighted by Gasteiger charge is -2.12. The number of carbonyl (C=O) groups excluding carboxylic acids is 2. The number of Topliss-reactive ketones (excluding diaryl/α,β-unsaturated/α-hetero) is 1. The van der Waals surface area contributed by atoms with Gasteiger partial charge in [-0.2, -0.15) is 5.10 Å². The number of hydrogen-bond donors (Lipinski definition) is 0. The van der Waals surface area contributed by atoms with Gasteiger partial charge in [0, 0.05) is 21.1 Å². The molecule has 1 unspecified atom stereocenters. The van der Waals surface area contributed by atoms with Crippen molar-refractivity contribution in [3.63, 3.8) is 0 Å². The van der Waals surface area contributed by atoms with E-state index in [1.54, 1.807) is 12.1 Å². The average Bonchev–Trinajstić information content (AvgIpc) is 2.75. The summed E-state index contributed by atoms with van der Waals surface area (Å²) in [6.45, 7) is 1.34. The topological polar surface area (TPSA) is 87.1 Å². The molecule has 0 bridgehead atoms. The molecule has 0 saturated heterocycles. The number of sulfonamides is 1. The van der Waals surface area contributed by atoms with Gasteiger partial charge in [-0.15, -0.1) is 0 Å². The number of rotatable bonds is 4. The van der Waals surface area contributed by atoms with E-state index in [1.165, 1.54) is 40.2 Å². The zero-order valence-electron chi connectivity index (χ0n) is 12.8. The molecule has 1 atom stereocenters. The van der Waals surface area contributed by atoms with Gasteiger partial charge >= 0.3 is 0 Å². The average molecular weight is 323 g/mol. The lowest BCUT2D eigenvalue weighted by atomic mass is 9.94. The highest BCUT2D eigenvalue weighted by Crippen LogP contribution is 2.22. The van der Waals surface area contributed by atoms with Crippen molar-refractivity contribution in [2.24, 2.45) is 11.0 Å². The normalized spacial score (nSPS) is 18.8. The highest BCUT2D eigenvalue weighted by Gasteiger charge is 2.38. The molecule has 1 aromatic carbocycles. The third-order valence-electron chi connectivity index (χ3n) is 3.43. The molecule has 118 valence electrons. The zero-order valence-corrected chi connectivity index (χ0v) is 13.6. The number of benzene rings is 1. The SMILES string of the molecule is CC(=O)C1C(=O)N(C)N=C1c1ccc(S(=O)(=O)N(C)C)cc1. The molecular formula is C14H17N3O4S. The van der Waals surface area contributed by atoms with Crippen LogP contribution in [-0.4, -0.2) is 56.3 Å². The molecule has 0 spiro atoms. The van der Waals surface area contributed by atoms with Crippen molar-refractivity contribution in [1.82, 2.24) is 9.31 Å². The van der Waals surface area contributed by atoms with Crippen LogP contribution in [0.4, 0.5) is 0 Å². The second-order valence-corrected chi connectivity index (χ2v) is 7.35. The maximum atomic E-state index is 12.0. The number of hydrogen-bond acceptors (Lipinski definition) is 5. The minimum absolute atomic E-state index is 0.138. The van der Waals surface area contributed by atoms with Gasteiger partial charge in [-0.3, -0.25) is 9.59 Å². The maximum Gasteiger partial charge on any atom is 0.259 e. The van der Waals surface area contributed by atoms with E-state index < -0.39 is 15.9 Å². The summed E-state index contributed by atoms with van der Waals surface area (Å²) >= 11 is 0. The zero-order chi connectivity index (χ0) is 16.7. The van der Waals surface area contributed by atoms with Gasteiger partial charge in [-0.1, -0.05) is 12.1 Å². The number of nitrogens with zero attached hydrogens (tertiary/aromatic N) is 3. The first kappa shape index (κ1) is 16.3. The van der Waals surface area contributed by atoms with Gasteiger partial charge in [-0.05, 0) is 24.6 Å². The first-order valence-electron chi connectivity index (χ1n) is 6.55. The standard InChI is InChI=1S/C14H17N3O4S/c1-9(18)12-13(15-17(4)14(12)19)10-5-7-11(8-6-10)22(20,21)16(2)3/h5-8,12H,1-4H3. The van der Waals surface area contributed by atoms with Crippen molar-refractivity contribution < 1.29 is 18.0 Å². The summed E-state index contributed by atoms with van der Waals surface area (Å²) in [4.78, 5) is 23.7. The molecule has 0 radical (unpaired) electrons. The third kappa shape index (κ3) is 2.67. The molecule has 0 aliphatic carbocycles.